The second-order valence-corrected chi connectivity index (χ2v) is 13.6. The molecule has 0 aliphatic heterocycles. The Labute approximate surface area is 296 Å². The lowest BCUT2D eigenvalue weighted by Crippen LogP contribution is -2.60. The summed E-state index contributed by atoms with van der Waals surface area (Å²) in [5.41, 5.74) is -0.754. The highest BCUT2D eigenvalue weighted by molar-refractivity contribution is 7.46. The number of halogens is 4. The van der Waals surface area contributed by atoms with Crippen LogP contribution in [0.1, 0.15) is 44.6 Å². The Morgan fingerprint density at radius 2 is 1.54 bits per heavy atom. The van der Waals surface area contributed by atoms with Crippen LogP contribution in [0, 0.1) is 11.6 Å². The molecule has 3 aromatic carbocycles. The summed E-state index contributed by atoms with van der Waals surface area (Å²) in [6.07, 6.45) is 0.359. The number of benzene rings is 3. The maximum Gasteiger partial charge on any atom is 0.524 e. The van der Waals surface area contributed by atoms with Gasteiger partial charge in [-0.15, -0.1) is 0 Å². The third-order valence-corrected chi connectivity index (χ3v) is 8.83. The molecule has 12 nitrogen and oxygen atoms in total. The van der Waals surface area contributed by atoms with Crippen molar-refractivity contribution in [2.24, 2.45) is 0 Å². The van der Waals surface area contributed by atoms with Gasteiger partial charge in [0.1, 0.15) is 35.0 Å². The first-order valence-electron chi connectivity index (χ1n) is 15.4. The van der Waals surface area contributed by atoms with Gasteiger partial charge >= 0.3 is 13.8 Å². The molecule has 3 atom stereocenters. The van der Waals surface area contributed by atoms with E-state index in [9.17, 15) is 37.5 Å². The molecule has 270 valence electrons. The molecule has 3 unspecified atom stereocenters. The highest BCUT2D eigenvalue weighted by atomic mass is 35.5. The number of carbonyl (C=O) groups excluding carboxylic acids is 3. The van der Waals surface area contributed by atoms with Gasteiger partial charge in [0.2, 0.25) is 0 Å². The number of phosphoric acid groups is 1. The zero-order valence-corrected chi connectivity index (χ0v) is 29.1. The molecule has 17 heteroatoms. The summed E-state index contributed by atoms with van der Waals surface area (Å²) in [6.45, 7) is 0.964. The van der Waals surface area contributed by atoms with Crippen LogP contribution in [0.25, 0.3) is 0 Å². The molecule has 50 heavy (non-hydrogen) atoms. The maximum absolute atomic E-state index is 13.9. The minimum Gasteiger partial charge on any atom is -0.484 e. The molecule has 0 aromatic heterocycles. The van der Waals surface area contributed by atoms with Crippen LogP contribution in [0.2, 0.25) is 10.0 Å². The Balaban J connectivity index is 1.49. The van der Waals surface area contributed by atoms with E-state index < -0.39 is 74.6 Å². The van der Waals surface area contributed by atoms with Crippen molar-refractivity contribution in [1.82, 2.24) is 10.6 Å². The van der Waals surface area contributed by atoms with Crippen LogP contribution in [0.3, 0.4) is 0 Å². The summed E-state index contributed by atoms with van der Waals surface area (Å²) in [7, 11) is -4.94. The molecule has 4 N–H and O–H groups in total. The quantitative estimate of drug-likeness (QED) is 0.112. The minimum atomic E-state index is -4.94. The van der Waals surface area contributed by atoms with Crippen LogP contribution < -0.4 is 24.6 Å². The van der Waals surface area contributed by atoms with E-state index in [0.717, 1.165) is 12.1 Å². The van der Waals surface area contributed by atoms with Crippen LogP contribution in [0.15, 0.2) is 60.7 Å². The third-order valence-electron chi connectivity index (χ3n) is 7.78. The van der Waals surface area contributed by atoms with Gasteiger partial charge in [0.25, 0.3) is 11.8 Å². The number of carbonyl (C=O) groups is 3. The molecule has 0 saturated heterocycles. The van der Waals surface area contributed by atoms with E-state index in [1.165, 1.54) is 42.5 Å². The number of hydrogen-bond donors (Lipinski definition) is 4. The number of para-hydroxylation sites is 1. The summed E-state index contributed by atoms with van der Waals surface area (Å²) >= 11 is 11.4. The smallest absolute Gasteiger partial charge is 0.484 e. The number of nitrogens with one attached hydrogen (secondary N) is 2. The standard InChI is InChI=1S/C33H35Cl2F2N2O10P/c1-2-12-33(39-31(41)19-47-22-8-10-24(35)26(37)16-22)13-11-27(38-30(40)18-46-21-7-9-23(34)25(36)15-21)29(17-33)48-32(42)14-20-5-3-4-6-28(20)49-50(43,44)45/h3-10,15-16,27,29H,2,11-14,17-19H2,1H3,(H,38,40)(H,39,41)(H2,43,44,45). The first-order valence-corrected chi connectivity index (χ1v) is 17.7. The van der Waals surface area contributed by atoms with E-state index in [1.807, 2.05) is 6.92 Å². The van der Waals surface area contributed by atoms with Crippen molar-refractivity contribution in [3.05, 3.63) is 87.9 Å². The van der Waals surface area contributed by atoms with Gasteiger partial charge in [-0.3, -0.25) is 24.2 Å². The Bertz CT molecular complexity index is 1750. The van der Waals surface area contributed by atoms with Crippen molar-refractivity contribution >= 4 is 48.8 Å². The fourth-order valence-corrected chi connectivity index (χ4v) is 6.33. The fourth-order valence-electron chi connectivity index (χ4n) is 5.66. The molecule has 1 aliphatic carbocycles. The summed E-state index contributed by atoms with van der Waals surface area (Å²) in [5.74, 6) is -3.40. The van der Waals surface area contributed by atoms with Gasteiger partial charge in [0.05, 0.1) is 22.5 Å². The molecule has 1 fully saturated rings. The molecule has 0 spiro atoms. The Hall–Kier alpha value is -3.94. The van der Waals surface area contributed by atoms with Crippen LogP contribution in [0.4, 0.5) is 8.78 Å². The van der Waals surface area contributed by atoms with Crippen LogP contribution in [-0.2, 0) is 30.1 Å². The SMILES string of the molecule is CCCC1(NC(=O)COc2ccc(Cl)c(F)c2)CCC(NC(=O)COc2ccc(Cl)c(F)c2)C(OC(=O)Cc2ccccc2OP(=O)(O)O)C1. The van der Waals surface area contributed by atoms with Crippen molar-refractivity contribution in [2.45, 2.75) is 63.1 Å². The van der Waals surface area contributed by atoms with Crippen molar-refractivity contribution < 1.29 is 56.3 Å². The zero-order valence-electron chi connectivity index (χ0n) is 26.7. The second kappa shape index (κ2) is 17.3. The largest absolute Gasteiger partial charge is 0.524 e. The maximum atomic E-state index is 13.9. The van der Waals surface area contributed by atoms with Crippen molar-refractivity contribution in [1.29, 1.82) is 0 Å². The lowest BCUT2D eigenvalue weighted by Gasteiger charge is -2.45. The molecule has 0 radical (unpaired) electrons. The van der Waals surface area contributed by atoms with Crippen LogP contribution in [0.5, 0.6) is 17.2 Å². The number of esters is 1. The van der Waals surface area contributed by atoms with Crippen molar-refractivity contribution in [2.75, 3.05) is 13.2 Å². The fraction of sp³-hybridized carbons (Fsp3) is 0.364. The van der Waals surface area contributed by atoms with E-state index >= 15 is 0 Å². The average Bonchev–Trinajstić information content (AvgIpc) is 3.04. The van der Waals surface area contributed by atoms with Gasteiger partial charge in [-0.05, 0) is 49.6 Å². The van der Waals surface area contributed by atoms with Gasteiger partial charge in [0.15, 0.2) is 13.2 Å². The summed E-state index contributed by atoms with van der Waals surface area (Å²) in [6, 6.07) is 12.5. The monoisotopic (exact) mass is 758 g/mol. The molecule has 2 amide bonds. The Morgan fingerprint density at radius 1 is 0.940 bits per heavy atom. The van der Waals surface area contributed by atoms with E-state index in [-0.39, 0.29) is 45.7 Å². The number of phosphoric ester groups is 1. The zero-order chi connectivity index (χ0) is 36.5. The predicted molar refractivity (Wildman–Crippen MR) is 178 cm³/mol. The number of amides is 2. The van der Waals surface area contributed by atoms with Gasteiger partial charge in [-0.25, -0.2) is 13.3 Å². The van der Waals surface area contributed by atoms with Gasteiger partial charge in [-0.2, -0.15) is 0 Å². The molecule has 1 aliphatic rings. The van der Waals surface area contributed by atoms with Gasteiger partial charge < -0.3 is 29.4 Å². The minimum absolute atomic E-state index is 0.0677. The van der Waals surface area contributed by atoms with Crippen LogP contribution >= 0.6 is 31.0 Å². The van der Waals surface area contributed by atoms with Gasteiger partial charge in [-0.1, -0.05) is 54.7 Å². The summed E-state index contributed by atoms with van der Waals surface area (Å²) in [5, 5.41) is 5.56. The first kappa shape index (κ1) is 38.9. The first-order chi connectivity index (χ1) is 23.6. The predicted octanol–water partition coefficient (Wildman–Crippen LogP) is 5.68. The Kier molecular flexibility index (Phi) is 13.5. The van der Waals surface area contributed by atoms with Gasteiger partial charge in [0, 0.05) is 29.7 Å². The molecule has 3 aromatic rings. The molecular weight excluding hydrogens is 724 g/mol. The normalized spacial score (nSPS) is 18.9. The second-order valence-electron chi connectivity index (χ2n) is 11.6. The number of hydrogen-bond acceptors (Lipinski definition) is 8. The highest BCUT2D eigenvalue weighted by Crippen LogP contribution is 2.39. The molecule has 0 bridgehead atoms. The molecule has 1 saturated carbocycles. The van der Waals surface area contributed by atoms with E-state index in [4.69, 9.17) is 41.9 Å². The topological polar surface area (TPSA) is 170 Å². The van der Waals surface area contributed by atoms with Crippen molar-refractivity contribution in [3.63, 3.8) is 0 Å². The third kappa shape index (κ3) is 11.6. The summed E-state index contributed by atoms with van der Waals surface area (Å²) in [4.78, 5) is 57.9. The number of ether oxygens (including phenoxy) is 3. The molecule has 4 rings (SSSR count). The number of rotatable bonds is 15. The molecular formula is C33H35Cl2F2N2O10P. The summed E-state index contributed by atoms with van der Waals surface area (Å²) < 4.78 is 60.6. The Morgan fingerprint density at radius 3 is 2.12 bits per heavy atom. The van der Waals surface area contributed by atoms with Crippen LogP contribution in [-0.4, -0.2) is 58.5 Å². The molecule has 0 heterocycles. The van der Waals surface area contributed by atoms with E-state index in [1.54, 1.807) is 6.07 Å². The van der Waals surface area contributed by atoms with E-state index in [2.05, 4.69) is 10.6 Å². The lowest BCUT2D eigenvalue weighted by atomic mass is 9.74. The highest BCUT2D eigenvalue weighted by Gasteiger charge is 2.44. The average molecular weight is 760 g/mol. The van der Waals surface area contributed by atoms with Crippen molar-refractivity contribution in [3.8, 4) is 17.2 Å². The van der Waals surface area contributed by atoms with E-state index in [0.29, 0.717) is 19.3 Å². The lowest BCUT2D eigenvalue weighted by molar-refractivity contribution is -0.154.